The molecule has 0 bridgehead atoms. The summed E-state index contributed by atoms with van der Waals surface area (Å²) in [7, 11) is -3.87. The minimum absolute atomic E-state index is 0.00484. The predicted octanol–water partition coefficient (Wildman–Crippen LogP) is 2.48. The maximum absolute atomic E-state index is 12.0. The fraction of sp³-hybridized carbons (Fsp3) is 0.636. The maximum atomic E-state index is 12.0. The number of hydrogen-bond acceptors (Lipinski definition) is 4. The van der Waals surface area contributed by atoms with E-state index in [9.17, 15) is 21.6 Å². The molecule has 1 rings (SSSR count). The van der Waals surface area contributed by atoms with Crippen molar-refractivity contribution in [2.45, 2.75) is 43.9 Å². The van der Waals surface area contributed by atoms with Gasteiger partial charge in [-0.2, -0.15) is 13.2 Å². The molecule has 0 saturated heterocycles. The van der Waals surface area contributed by atoms with Crippen molar-refractivity contribution < 1.29 is 21.6 Å². The van der Waals surface area contributed by atoms with Crippen LogP contribution in [0.15, 0.2) is 16.3 Å². The molecular formula is C11H17F3N2O2S2. The zero-order valence-corrected chi connectivity index (χ0v) is 12.8. The molecule has 0 aliphatic carbocycles. The van der Waals surface area contributed by atoms with Crippen LogP contribution in [0.4, 0.5) is 13.2 Å². The predicted molar refractivity (Wildman–Crippen MR) is 72.2 cm³/mol. The highest BCUT2D eigenvalue weighted by Crippen LogP contribution is 2.21. The first-order valence-electron chi connectivity index (χ1n) is 5.97. The van der Waals surface area contributed by atoms with Crippen molar-refractivity contribution in [3.05, 3.63) is 16.3 Å². The highest BCUT2D eigenvalue weighted by atomic mass is 32.2. The second-order valence-corrected chi connectivity index (χ2v) is 7.31. The Bertz CT molecular complexity index is 524. The number of nitrogens with one attached hydrogen (secondary N) is 2. The lowest BCUT2D eigenvalue weighted by molar-refractivity contribution is -0.132. The number of halogens is 3. The molecular weight excluding hydrogens is 313 g/mol. The first kappa shape index (κ1) is 17.4. The average Bonchev–Trinajstić information content (AvgIpc) is 2.73. The van der Waals surface area contributed by atoms with Crippen molar-refractivity contribution >= 4 is 21.4 Å². The zero-order valence-electron chi connectivity index (χ0n) is 11.1. The number of hydrogen-bond donors (Lipinski definition) is 2. The van der Waals surface area contributed by atoms with Crippen molar-refractivity contribution in [3.8, 4) is 0 Å². The molecule has 20 heavy (non-hydrogen) atoms. The molecule has 4 nitrogen and oxygen atoms in total. The van der Waals surface area contributed by atoms with Gasteiger partial charge in [0.2, 0.25) is 10.0 Å². The number of alkyl halides is 3. The number of thiophene rings is 1. The molecule has 0 unspecified atom stereocenters. The topological polar surface area (TPSA) is 58.2 Å². The molecule has 1 aromatic rings. The van der Waals surface area contributed by atoms with Gasteiger partial charge in [-0.1, -0.05) is 13.8 Å². The second kappa shape index (κ2) is 6.88. The summed E-state index contributed by atoms with van der Waals surface area (Å²) in [6.45, 7) is 3.80. The highest BCUT2D eigenvalue weighted by molar-refractivity contribution is 7.89. The largest absolute Gasteiger partial charge is 0.390 e. The molecule has 0 aliphatic heterocycles. The van der Waals surface area contributed by atoms with Crippen LogP contribution in [0, 0.1) is 0 Å². The molecule has 1 heterocycles. The van der Waals surface area contributed by atoms with E-state index in [2.05, 4.69) is 5.32 Å². The van der Waals surface area contributed by atoms with Crippen LogP contribution >= 0.6 is 11.3 Å². The summed E-state index contributed by atoms with van der Waals surface area (Å²) in [4.78, 5) is 0.820. The Kier molecular flexibility index (Phi) is 5.99. The molecule has 0 fully saturated rings. The Morgan fingerprint density at radius 1 is 1.35 bits per heavy atom. The summed E-state index contributed by atoms with van der Waals surface area (Å²) in [5.74, 6) is 0. The Hall–Kier alpha value is -0.640. The molecule has 0 aromatic carbocycles. The summed E-state index contributed by atoms with van der Waals surface area (Å²) in [5, 5.41) is 4.56. The van der Waals surface area contributed by atoms with Crippen LogP contribution in [0.2, 0.25) is 0 Å². The van der Waals surface area contributed by atoms with Gasteiger partial charge in [-0.3, -0.25) is 0 Å². The van der Waals surface area contributed by atoms with E-state index >= 15 is 0 Å². The van der Waals surface area contributed by atoms with Crippen LogP contribution in [-0.4, -0.2) is 27.2 Å². The van der Waals surface area contributed by atoms with Gasteiger partial charge in [0.25, 0.3) is 0 Å². The maximum Gasteiger partial charge on any atom is 0.390 e. The van der Waals surface area contributed by atoms with E-state index in [1.54, 1.807) is 0 Å². The molecule has 0 saturated carbocycles. The smallest absolute Gasteiger partial charge is 0.310 e. The second-order valence-electron chi connectivity index (χ2n) is 4.55. The lowest BCUT2D eigenvalue weighted by Crippen LogP contribution is -2.27. The third-order valence-corrected chi connectivity index (χ3v) is 4.85. The fourth-order valence-electron chi connectivity index (χ4n) is 1.31. The van der Waals surface area contributed by atoms with E-state index in [1.807, 2.05) is 18.6 Å². The summed E-state index contributed by atoms with van der Waals surface area (Å²) in [6, 6.07) is 1.73. The van der Waals surface area contributed by atoms with Gasteiger partial charge in [-0.15, -0.1) is 11.3 Å². The molecule has 116 valence electrons. The van der Waals surface area contributed by atoms with Gasteiger partial charge in [0.15, 0.2) is 0 Å². The summed E-state index contributed by atoms with van der Waals surface area (Å²) >= 11 is 1.25. The van der Waals surface area contributed by atoms with Gasteiger partial charge in [-0.05, 0) is 6.07 Å². The zero-order chi connectivity index (χ0) is 15.4. The lowest BCUT2D eigenvalue weighted by atomic mass is 10.4. The molecule has 0 spiro atoms. The van der Waals surface area contributed by atoms with Crippen molar-refractivity contribution in [1.29, 1.82) is 0 Å². The van der Waals surface area contributed by atoms with Crippen molar-refractivity contribution in [3.63, 3.8) is 0 Å². The van der Waals surface area contributed by atoms with Crippen molar-refractivity contribution in [2.75, 3.05) is 6.54 Å². The average molecular weight is 330 g/mol. The standard InChI is InChI=1S/C11H17F3N2O2S2/c1-8(2)15-6-9-5-10(7-19-9)20(17,18)16-4-3-11(12,13)14/h5,7-8,15-16H,3-4,6H2,1-2H3. The first-order valence-corrected chi connectivity index (χ1v) is 8.33. The molecule has 0 radical (unpaired) electrons. The Labute approximate surface area is 120 Å². The molecule has 9 heteroatoms. The highest BCUT2D eigenvalue weighted by Gasteiger charge is 2.27. The molecule has 0 amide bonds. The quantitative estimate of drug-likeness (QED) is 0.807. The molecule has 2 N–H and O–H groups in total. The van der Waals surface area contributed by atoms with Crippen molar-refractivity contribution in [2.24, 2.45) is 0 Å². The first-order chi connectivity index (χ1) is 9.10. The van der Waals surface area contributed by atoms with E-state index in [1.165, 1.54) is 22.8 Å². The summed E-state index contributed by atoms with van der Waals surface area (Å²) < 4.78 is 61.4. The number of sulfonamides is 1. The summed E-state index contributed by atoms with van der Waals surface area (Å²) in [6.07, 6.45) is -5.55. The van der Waals surface area contributed by atoms with Crippen LogP contribution < -0.4 is 10.0 Å². The minimum Gasteiger partial charge on any atom is -0.310 e. The van der Waals surface area contributed by atoms with Gasteiger partial charge in [0.05, 0.1) is 11.3 Å². The normalized spacial score (nSPS) is 13.1. The van der Waals surface area contributed by atoms with Crippen molar-refractivity contribution in [1.82, 2.24) is 10.0 Å². The van der Waals surface area contributed by atoms with Crippen LogP contribution in [0.3, 0.4) is 0 Å². The third-order valence-electron chi connectivity index (χ3n) is 2.33. The Balaban J connectivity index is 2.59. The van der Waals surface area contributed by atoms with E-state index < -0.39 is 29.2 Å². The van der Waals surface area contributed by atoms with E-state index in [0.29, 0.717) is 6.54 Å². The van der Waals surface area contributed by atoms with Crippen LogP contribution in [0.1, 0.15) is 25.1 Å². The minimum atomic E-state index is -4.37. The van der Waals surface area contributed by atoms with E-state index in [0.717, 1.165) is 4.88 Å². The summed E-state index contributed by atoms with van der Waals surface area (Å²) in [5.41, 5.74) is 0. The van der Waals surface area contributed by atoms with Gasteiger partial charge in [0, 0.05) is 29.4 Å². The molecule has 1 aromatic heterocycles. The fourth-order valence-corrected chi connectivity index (χ4v) is 3.57. The Morgan fingerprint density at radius 3 is 2.55 bits per heavy atom. The van der Waals surface area contributed by atoms with Crippen LogP contribution in [-0.2, 0) is 16.6 Å². The monoisotopic (exact) mass is 330 g/mol. The SMILES string of the molecule is CC(C)NCc1cc(S(=O)(=O)NCCC(F)(F)F)cs1. The third kappa shape index (κ3) is 6.21. The molecule has 0 aliphatic rings. The van der Waals surface area contributed by atoms with Crippen LogP contribution in [0.25, 0.3) is 0 Å². The van der Waals surface area contributed by atoms with Gasteiger partial charge < -0.3 is 5.32 Å². The van der Waals surface area contributed by atoms with E-state index in [4.69, 9.17) is 0 Å². The van der Waals surface area contributed by atoms with Gasteiger partial charge in [-0.25, -0.2) is 13.1 Å². The number of rotatable bonds is 7. The van der Waals surface area contributed by atoms with Gasteiger partial charge >= 0.3 is 6.18 Å². The lowest BCUT2D eigenvalue weighted by Gasteiger charge is -2.07. The van der Waals surface area contributed by atoms with E-state index in [-0.39, 0.29) is 10.9 Å². The molecule has 0 atom stereocenters. The van der Waals surface area contributed by atoms with Gasteiger partial charge in [0.1, 0.15) is 0 Å². The van der Waals surface area contributed by atoms with Crippen LogP contribution in [0.5, 0.6) is 0 Å². The Morgan fingerprint density at radius 2 is 2.00 bits per heavy atom.